The van der Waals surface area contributed by atoms with Gasteiger partial charge in [0.15, 0.2) is 5.78 Å². The van der Waals surface area contributed by atoms with Crippen molar-refractivity contribution in [3.05, 3.63) is 53.5 Å². The van der Waals surface area contributed by atoms with Gasteiger partial charge in [0.2, 0.25) is 5.95 Å². The van der Waals surface area contributed by atoms with Crippen LogP contribution in [0, 0.1) is 24.2 Å². The van der Waals surface area contributed by atoms with E-state index in [1.807, 2.05) is 19.1 Å². The van der Waals surface area contributed by atoms with Gasteiger partial charge in [0, 0.05) is 36.2 Å². The number of aliphatic imine (C=N–C) groups is 1. The zero-order valence-electron chi connectivity index (χ0n) is 22.0. The maximum atomic E-state index is 12.4. The van der Waals surface area contributed by atoms with E-state index in [0.29, 0.717) is 17.2 Å². The van der Waals surface area contributed by atoms with Crippen molar-refractivity contribution in [2.75, 3.05) is 5.32 Å². The van der Waals surface area contributed by atoms with E-state index in [1.165, 1.54) is 6.20 Å². The molecule has 0 aliphatic carbocycles. The topological polar surface area (TPSA) is 126 Å². The molecule has 1 atom stereocenters. The summed E-state index contributed by atoms with van der Waals surface area (Å²) in [6, 6.07) is 9.47. The highest BCUT2D eigenvalue weighted by Crippen LogP contribution is 2.36. The van der Waals surface area contributed by atoms with E-state index in [1.54, 1.807) is 31.5 Å². The number of hydrogen-bond donors (Lipinski definition) is 2. The van der Waals surface area contributed by atoms with Crippen molar-refractivity contribution in [3.63, 3.8) is 0 Å². The number of aryl methyl sites for hydroxylation is 1. The Kier molecular flexibility index (Phi) is 8.26. The Morgan fingerprint density at radius 3 is 2.50 bits per heavy atom. The standard InChI is InChI=1S/C28H36N6O2/c1-18(14-29)11-24(35)20-7-9-21(10-8-20)25-19(2)16-32-26(34-25)33-23(15-30)17-31-22-12-27(3,4)36-28(5,6)13-22/h7-10,15-18,22H,11-13,30H2,1-6H3,(H,32,33,34)/t18-/m1/s1. The third-order valence-electron chi connectivity index (χ3n) is 6.03. The molecule has 0 radical (unpaired) electrons. The molecule has 8 nitrogen and oxygen atoms in total. The molecule has 1 aliphatic heterocycles. The predicted octanol–water partition coefficient (Wildman–Crippen LogP) is 5.20. The lowest BCUT2D eigenvalue weighted by molar-refractivity contribution is -0.160. The summed E-state index contributed by atoms with van der Waals surface area (Å²) >= 11 is 0. The van der Waals surface area contributed by atoms with Crippen molar-refractivity contribution < 1.29 is 9.53 Å². The zero-order chi connectivity index (χ0) is 26.5. The highest BCUT2D eigenvalue weighted by atomic mass is 16.5. The number of carbonyl (C=O) groups excluding carboxylic acids is 1. The van der Waals surface area contributed by atoms with Crippen LogP contribution in [0.15, 0.2) is 47.4 Å². The van der Waals surface area contributed by atoms with Crippen LogP contribution >= 0.6 is 0 Å². The molecule has 190 valence electrons. The third-order valence-corrected chi connectivity index (χ3v) is 6.03. The minimum absolute atomic E-state index is 0.0503. The Bertz CT molecular complexity index is 1180. The molecule has 2 heterocycles. The summed E-state index contributed by atoms with van der Waals surface area (Å²) in [4.78, 5) is 26.2. The number of aromatic nitrogens is 2. The number of anilines is 1. The van der Waals surface area contributed by atoms with Gasteiger partial charge >= 0.3 is 0 Å². The molecular weight excluding hydrogens is 452 g/mol. The molecule has 36 heavy (non-hydrogen) atoms. The van der Waals surface area contributed by atoms with E-state index in [9.17, 15) is 4.79 Å². The highest BCUT2D eigenvalue weighted by Gasteiger charge is 2.39. The summed E-state index contributed by atoms with van der Waals surface area (Å²) in [5, 5.41) is 12.1. The number of hydrogen-bond acceptors (Lipinski definition) is 8. The van der Waals surface area contributed by atoms with Crippen molar-refractivity contribution >= 4 is 17.9 Å². The maximum absolute atomic E-state index is 12.4. The largest absolute Gasteiger partial charge is 0.403 e. The number of ketones is 1. The number of rotatable bonds is 8. The number of benzene rings is 1. The summed E-state index contributed by atoms with van der Waals surface area (Å²) < 4.78 is 6.15. The van der Waals surface area contributed by atoms with E-state index in [-0.39, 0.29) is 35.4 Å². The van der Waals surface area contributed by atoms with Gasteiger partial charge in [0.25, 0.3) is 0 Å². The van der Waals surface area contributed by atoms with Crippen molar-refractivity contribution in [2.24, 2.45) is 16.6 Å². The Hall–Kier alpha value is -3.57. The van der Waals surface area contributed by atoms with Crippen LogP contribution in [0.1, 0.15) is 69.8 Å². The van der Waals surface area contributed by atoms with Gasteiger partial charge in [-0.05, 0) is 59.9 Å². The molecule has 1 aliphatic rings. The molecule has 3 N–H and O–H groups in total. The fourth-order valence-electron chi connectivity index (χ4n) is 4.63. The highest BCUT2D eigenvalue weighted by molar-refractivity contribution is 5.96. The Labute approximate surface area is 213 Å². The van der Waals surface area contributed by atoms with Crippen LogP contribution in [0.25, 0.3) is 11.3 Å². The number of allylic oxidation sites excluding steroid dienone is 1. The van der Waals surface area contributed by atoms with Crippen LogP contribution in [0.3, 0.4) is 0 Å². The monoisotopic (exact) mass is 488 g/mol. The summed E-state index contributed by atoms with van der Waals surface area (Å²) in [5.74, 6) is 0.0349. The first-order valence-corrected chi connectivity index (χ1v) is 12.2. The van der Waals surface area contributed by atoms with Crippen LogP contribution in [-0.2, 0) is 4.74 Å². The molecule has 1 saturated heterocycles. The SMILES string of the molecule is Cc1cnc(NC(C=NC2CC(C)(C)OC(C)(C)C2)=CN)nc1-c1ccc(C(=O)C[C@@H](C)C#N)cc1. The van der Waals surface area contributed by atoms with Gasteiger partial charge in [0.05, 0.1) is 40.6 Å². The minimum Gasteiger partial charge on any atom is -0.403 e. The molecule has 0 amide bonds. The second kappa shape index (κ2) is 11.0. The van der Waals surface area contributed by atoms with E-state index in [0.717, 1.165) is 29.7 Å². The Morgan fingerprint density at radius 1 is 1.28 bits per heavy atom. The van der Waals surface area contributed by atoms with E-state index < -0.39 is 0 Å². The summed E-state index contributed by atoms with van der Waals surface area (Å²) in [5.41, 5.74) is 9.06. The molecule has 2 aromatic rings. The number of nitrogens with one attached hydrogen (secondary N) is 1. The average Bonchev–Trinajstić information content (AvgIpc) is 2.80. The first-order chi connectivity index (χ1) is 16.9. The van der Waals surface area contributed by atoms with Gasteiger partial charge < -0.3 is 15.8 Å². The lowest BCUT2D eigenvalue weighted by Crippen LogP contribution is -2.46. The molecule has 0 unspecified atom stereocenters. The number of Topliss-reactive ketones (excluding diaryl/α,β-unsaturated/α-hetero) is 1. The normalized spacial score (nSPS) is 18.5. The summed E-state index contributed by atoms with van der Waals surface area (Å²) in [6.45, 7) is 12.0. The number of nitrogens with two attached hydrogens (primary N) is 1. The van der Waals surface area contributed by atoms with Gasteiger partial charge in [-0.3, -0.25) is 9.79 Å². The van der Waals surface area contributed by atoms with E-state index in [2.05, 4.69) is 49.0 Å². The first-order valence-electron chi connectivity index (χ1n) is 12.2. The van der Waals surface area contributed by atoms with E-state index in [4.69, 9.17) is 20.7 Å². The number of carbonyl (C=O) groups is 1. The molecule has 8 heteroatoms. The van der Waals surface area contributed by atoms with Gasteiger partial charge in [-0.1, -0.05) is 24.3 Å². The van der Waals surface area contributed by atoms with Crippen LogP contribution in [0.2, 0.25) is 0 Å². The molecule has 1 aromatic carbocycles. The Balaban J connectivity index is 1.74. The first kappa shape index (κ1) is 27.0. The second-order valence-electron chi connectivity index (χ2n) is 10.7. The van der Waals surface area contributed by atoms with Crippen LogP contribution in [-0.4, -0.2) is 39.2 Å². The Morgan fingerprint density at radius 2 is 1.92 bits per heavy atom. The van der Waals surface area contributed by atoms with E-state index >= 15 is 0 Å². The number of nitrogens with zero attached hydrogens (tertiary/aromatic N) is 4. The van der Waals surface area contributed by atoms with Crippen LogP contribution in [0.5, 0.6) is 0 Å². The molecule has 0 saturated carbocycles. The molecule has 0 spiro atoms. The average molecular weight is 489 g/mol. The smallest absolute Gasteiger partial charge is 0.227 e. The summed E-state index contributed by atoms with van der Waals surface area (Å²) in [7, 11) is 0. The zero-order valence-corrected chi connectivity index (χ0v) is 22.0. The third kappa shape index (κ3) is 7.22. The number of nitriles is 1. The van der Waals surface area contributed by atoms with Gasteiger partial charge in [0.1, 0.15) is 0 Å². The molecule has 1 aromatic heterocycles. The van der Waals surface area contributed by atoms with Crippen molar-refractivity contribution in [2.45, 2.75) is 78.0 Å². The maximum Gasteiger partial charge on any atom is 0.227 e. The molecule has 3 rings (SSSR count). The quantitative estimate of drug-likeness (QED) is 0.386. The van der Waals surface area contributed by atoms with Crippen molar-refractivity contribution in [1.29, 1.82) is 5.26 Å². The predicted molar refractivity (Wildman–Crippen MR) is 143 cm³/mol. The molecule has 0 bridgehead atoms. The lowest BCUT2D eigenvalue weighted by Gasteiger charge is -2.44. The van der Waals surface area contributed by atoms with Crippen molar-refractivity contribution in [1.82, 2.24) is 9.97 Å². The van der Waals surface area contributed by atoms with Crippen LogP contribution in [0.4, 0.5) is 5.95 Å². The van der Waals surface area contributed by atoms with Crippen molar-refractivity contribution in [3.8, 4) is 17.3 Å². The molecule has 1 fully saturated rings. The van der Waals surface area contributed by atoms with Gasteiger partial charge in [-0.15, -0.1) is 0 Å². The fraction of sp³-hybridized carbons (Fsp3) is 0.464. The van der Waals surface area contributed by atoms with Crippen LogP contribution < -0.4 is 11.1 Å². The summed E-state index contributed by atoms with van der Waals surface area (Å²) in [6.07, 6.45) is 6.77. The van der Waals surface area contributed by atoms with Gasteiger partial charge in [-0.2, -0.15) is 5.26 Å². The lowest BCUT2D eigenvalue weighted by atomic mass is 9.85. The molecular formula is C28H36N6O2. The second-order valence-corrected chi connectivity index (χ2v) is 10.7. The fourth-order valence-corrected chi connectivity index (χ4v) is 4.63. The van der Waals surface area contributed by atoms with Gasteiger partial charge in [-0.25, -0.2) is 9.97 Å². The minimum atomic E-state index is -0.312. The number of ether oxygens (including phenoxy) is 1.